The van der Waals surface area contributed by atoms with E-state index in [1.165, 1.54) is 24.3 Å². The summed E-state index contributed by atoms with van der Waals surface area (Å²) in [6.45, 7) is 2.56. The fourth-order valence-electron chi connectivity index (χ4n) is 1.44. The van der Waals surface area contributed by atoms with Crippen LogP contribution >= 0.6 is 0 Å². The maximum Gasteiger partial charge on any atom is 0.364 e. The molecule has 0 aliphatic rings. The zero-order valence-corrected chi connectivity index (χ0v) is 10.1. The van der Waals surface area contributed by atoms with Crippen molar-refractivity contribution in [2.75, 3.05) is 0 Å². The van der Waals surface area contributed by atoms with E-state index in [1.807, 2.05) is 6.92 Å². The molecule has 0 aliphatic carbocycles. The minimum atomic E-state index is -0.596. The van der Waals surface area contributed by atoms with Crippen LogP contribution in [0.15, 0.2) is 36.5 Å². The normalized spacial score (nSPS) is 10.2. The Labute approximate surface area is 108 Å². The fraction of sp³-hybridized carbons (Fsp3) is 0.167. The lowest BCUT2D eigenvalue weighted by Gasteiger charge is -2.01. The van der Waals surface area contributed by atoms with Crippen LogP contribution in [0, 0.1) is 10.1 Å². The second kappa shape index (κ2) is 5.30. The number of nitro benzene ring substituents is 1. The summed E-state index contributed by atoms with van der Waals surface area (Å²) in [5.41, 5.74) is 0.135. The van der Waals surface area contributed by atoms with Crippen LogP contribution in [0.2, 0.25) is 0 Å². The van der Waals surface area contributed by atoms with E-state index < -0.39 is 10.9 Å². The molecular formula is C12H11N3O4. The number of nitrogens with zero attached hydrogens (tertiary/aromatic N) is 3. The van der Waals surface area contributed by atoms with Gasteiger partial charge in [0.05, 0.1) is 4.92 Å². The molecule has 0 unspecified atom stereocenters. The molecule has 0 atom stereocenters. The average molecular weight is 261 g/mol. The first-order chi connectivity index (χ1) is 9.10. The second-order valence-corrected chi connectivity index (χ2v) is 3.70. The Bertz CT molecular complexity index is 604. The quantitative estimate of drug-likeness (QED) is 0.363. The first-order valence-electron chi connectivity index (χ1n) is 5.60. The molecule has 0 bridgehead atoms. The highest BCUT2D eigenvalue weighted by atomic mass is 16.6. The summed E-state index contributed by atoms with van der Waals surface area (Å²) < 4.78 is 6.66. The summed E-state index contributed by atoms with van der Waals surface area (Å²) in [6.07, 6.45) is 1.67. The van der Waals surface area contributed by atoms with Crippen LogP contribution < -0.4 is 4.74 Å². The maximum atomic E-state index is 11.7. The van der Waals surface area contributed by atoms with Gasteiger partial charge in [0.2, 0.25) is 0 Å². The summed E-state index contributed by atoms with van der Waals surface area (Å²) >= 11 is 0. The topological polar surface area (TPSA) is 87.3 Å². The number of aryl methyl sites for hydroxylation is 1. The largest absolute Gasteiger partial charge is 0.422 e. The van der Waals surface area contributed by atoms with Crippen molar-refractivity contribution in [2.24, 2.45) is 0 Å². The zero-order chi connectivity index (χ0) is 13.8. The van der Waals surface area contributed by atoms with Crippen molar-refractivity contribution < 1.29 is 14.5 Å². The van der Waals surface area contributed by atoms with E-state index in [-0.39, 0.29) is 17.1 Å². The van der Waals surface area contributed by atoms with Crippen LogP contribution in [0.3, 0.4) is 0 Å². The number of aromatic nitrogens is 2. The lowest BCUT2D eigenvalue weighted by Crippen LogP contribution is -2.10. The minimum Gasteiger partial charge on any atom is -0.422 e. The Hall–Kier alpha value is -2.70. The summed E-state index contributed by atoms with van der Waals surface area (Å²) in [5.74, 6) is -0.359. The molecule has 0 radical (unpaired) electrons. The van der Waals surface area contributed by atoms with Crippen molar-refractivity contribution in [3.05, 3.63) is 52.3 Å². The highest BCUT2D eigenvalue weighted by Gasteiger charge is 2.13. The number of nitro groups is 1. The highest BCUT2D eigenvalue weighted by molar-refractivity contribution is 5.88. The Morgan fingerprint density at radius 1 is 1.37 bits per heavy atom. The number of hydrogen-bond acceptors (Lipinski definition) is 5. The standard InChI is InChI=1S/C12H11N3O4/c1-2-14-8-7-11(13-14)12(16)19-10-5-3-9(4-6-10)15(17)18/h3-8H,2H2,1H3. The van der Waals surface area contributed by atoms with Gasteiger partial charge in [-0.15, -0.1) is 0 Å². The molecule has 1 heterocycles. The number of carbonyl (C=O) groups excluding carboxylic acids is 1. The van der Waals surface area contributed by atoms with E-state index in [1.54, 1.807) is 16.9 Å². The third-order valence-electron chi connectivity index (χ3n) is 2.43. The van der Waals surface area contributed by atoms with Crippen molar-refractivity contribution in [1.82, 2.24) is 9.78 Å². The van der Waals surface area contributed by atoms with Crippen molar-refractivity contribution >= 4 is 11.7 Å². The second-order valence-electron chi connectivity index (χ2n) is 3.70. The van der Waals surface area contributed by atoms with E-state index in [9.17, 15) is 14.9 Å². The molecule has 0 fully saturated rings. The predicted octanol–water partition coefficient (Wildman–Crippen LogP) is 2.03. The van der Waals surface area contributed by atoms with Crippen molar-refractivity contribution in [2.45, 2.75) is 13.5 Å². The zero-order valence-electron chi connectivity index (χ0n) is 10.1. The molecule has 0 saturated carbocycles. The molecule has 0 spiro atoms. The van der Waals surface area contributed by atoms with Gasteiger partial charge in [0, 0.05) is 24.9 Å². The van der Waals surface area contributed by atoms with Crippen molar-refractivity contribution in [3.63, 3.8) is 0 Å². The molecule has 19 heavy (non-hydrogen) atoms. The predicted molar refractivity (Wildman–Crippen MR) is 66.0 cm³/mol. The summed E-state index contributed by atoms with van der Waals surface area (Å²) in [6, 6.07) is 6.83. The number of non-ortho nitro benzene ring substituents is 1. The van der Waals surface area contributed by atoms with Gasteiger partial charge >= 0.3 is 5.97 Å². The van der Waals surface area contributed by atoms with Gasteiger partial charge in [-0.25, -0.2) is 4.79 Å². The minimum absolute atomic E-state index is 0.0601. The lowest BCUT2D eigenvalue weighted by atomic mass is 10.3. The van der Waals surface area contributed by atoms with E-state index in [0.29, 0.717) is 6.54 Å². The summed E-state index contributed by atoms with van der Waals surface area (Å²) in [4.78, 5) is 21.7. The Morgan fingerprint density at radius 3 is 2.58 bits per heavy atom. The first-order valence-corrected chi connectivity index (χ1v) is 5.60. The SMILES string of the molecule is CCn1ccc(C(=O)Oc2ccc([N+](=O)[O-])cc2)n1. The van der Waals surface area contributed by atoms with Gasteiger partial charge in [0.25, 0.3) is 5.69 Å². The molecule has 2 aromatic rings. The monoisotopic (exact) mass is 261 g/mol. The molecule has 0 saturated heterocycles. The molecule has 0 aliphatic heterocycles. The Morgan fingerprint density at radius 2 is 2.05 bits per heavy atom. The lowest BCUT2D eigenvalue weighted by molar-refractivity contribution is -0.384. The molecule has 0 N–H and O–H groups in total. The Kier molecular flexibility index (Phi) is 3.56. The third-order valence-corrected chi connectivity index (χ3v) is 2.43. The van der Waals surface area contributed by atoms with Gasteiger partial charge in [-0.05, 0) is 25.1 Å². The number of rotatable bonds is 4. The number of esters is 1. The number of carbonyl (C=O) groups is 1. The van der Waals surface area contributed by atoms with Gasteiger partial charge in [0.1, 0.15) is 5.75 Å². The van der Waals surface area contributed by atoms with Gasteiger partial charge in [0.15, 0.2) is 5.69 Å². The fourth-order valence-corrected chi connectivity index (χ4v) is 1.44. The molecule has 2 rings (SSSR count). The number of benzene rings is 1. The average Bonchev–Trinajstić information content (AvgIpc) is 2.88. The van der Waals surface area contributed by atoms with Crippen LogP contribution in [0.25, 0.3) is 0 Å². The highest BCUT2D eigenvalue weighted by Crippen LogP contribution is 2.18. The van der Waals surface area contributed by atoms with Gasteiger partial charge in [-0.2, -0.15) is 5.10 Å². The molecule has 98 valence electrons. The van der Waals surface area contributed by atoms with Gasteiger partial charge in [-0.3, -0.25) is 14.8 Å². The van der Waals surface area contributed by atoms with Crippen LogP contribution in [0.1, 0.15) is 17.4 Å². The molecule has 7 heteroatoms. The first kappa shape index (κ1) is 12.7. The van der Waals surface area contributed by atoms with Crippen molar-refractivity contribution in [1.29, 1.82) is 0 Å². The Balaban J connectivity index is 2.08. The molecule has 0 amide bonds. The van der Waals surface area contributed by atoms with Crippen LogP contribution in [0.5, 0.6) is 5.75 Å². The van der Waals surface area contributed by atoms with Gasteiger partial charge in [-0.1, -0.05) is 0 Å². The smallest absolute Gasteiger partial charge is 0.364 e. The summed E-state index contributed by atoms with van der Waals surface area (Å²) in [5, 5.41) is 14.5. The van der Waals surface area contributed by atoms with Crippen molar-refractivity contribution in [3.8, 4) is 5.75 Å². The third kappa shape index (κ3) is 2.95. The molecule has 1 aromatic heterocycles. The van der Waals surface area contributed by atoms with E-state index in [0.717, 1.165) is 0 Å². The van der Waals surface area contributed by atoms with Crippen LogP contribution in [-0.2, 0) is 6.54 Å². The van der Waals surface area contributed by atoms with Gasteiger partial charge < -0.3 is 4.74 Å². The van der Waals surface area contributed by atoms with E-state index >= 15 is 0 Å². The van der Waals surface area contributed by atoms with Crippen LogP contribution in [-0.4, -0.2) is 20.7 Å². The molecular weight excluding hydrogens is 250 g/mol. The van der Waals surface area contributed by atoms with Crippen LogP contribution in [0.4, 0.5) is 5.69 Å². The van der Waals surface area contributed by atoms with E-state index in [2.05, 4.69) is 5.10 Å². The molecule has 1 aromatic carbocycles. The maximum absolute atomic E-state index is 11.7. The molecule has 7 nitrogen and oxygen atoms in total. The van der Waals surface area contributed by atoms with E-state index in [4.69, 9.17) is 4.74 Å². The summed E-state index contributed by atoms with van der Waals surface area (Å²) in [7, 11) is 0. The number of hydrogen-bond donors (Lipinski definition) is 0. The number of ether oxygens (including phenoxy) is 1.